The Morgan fingerprint density at radius 1 is 1.08 bits per heavy atom. The lowest BCUT2D eigenvalue weighted by Gasteiger charge is -2.04. The highest BCUT2D eigenvalue weighted by molar-refractivity contribution is 9.10. The van der Waals surface area contributed by atoms with Gasteiger partial charge in [-0.05, 0) is 30.3 Å². The third-order valence-electron chi connectivity index (χ3n) is 2.95. The lowest BCUT2D eigenvalue weighted by molar-refractivity contribution is -0.384. The van der Waals surface area contributed by atoms with E-state index < -0.39 is 10.8 Å². The first-order chi connectivity index (χ1) is 11.5. The summed E-state index contributed by atoms with van der Waals surface area (Å²) in [7, 11) is 0. The van der Waals surface area contributed by atoms with Gasteiger partial charge in [-0.2, -0.15) is 0 Å². The van der Waals surface area contributed by atoms with E-state index in [0.717, 1.165) is 10.5 Å². The molecule has 0 radical (unpaired) electrons. The maximum atomic E-state index is 11.9. The summed E-state index contributed by atoms with van der Waals surface area (Å²) < 4.78 is 0.866. The van der Waals surface area contributed by atoms with Crippen LogP contribution in [0.1, 0.15) is 20.7 Å². The van der Waals surface area contributed by atoms with Crippen LogP contribution in [-0.2, 0) is 0 Å². The topological polar surface area (TPSA) is 101 Å². The maximum absolute atomic E-state index is 11.9. The number of carbonyl (C=O) groups excluding carboxylic acids is 2. The molecular weight excluding hydrogens is 378 g/mol. The fourth-order valence-electron chi connectivity index (χ4n) is 1.77. The molecule has 0 aromatic heterocycles. The lowest BCUT2D eigenvalue weighted by Crippen LogP contribution is -2.33. The van der Waals surface area contributed by atoms with Gasteiger partial charge < -0.3 is 5.43 Å². The number of amides is 1. The number of nitrogens with zero attached hydrogens (tertiary/aromatic N) is 1. The molecule has 0 unspecified atom stereocenters. The van der Waals surface area contributed by atoms with Crippen molar-refractivity contribution in [2.45, 2.75) is 0 Å². The number of hydrazine groups is 1. The number of nitro benzene ring substituents is 1. The van der Waals surface area contributed by atoms with Crippen molar-refractivity contribution in [3.05, 3.63) is 86.5 Å². The van der Waals surface area contributed by atoms with Gasteiger partial charge in [0.15, 0.2) is 5.78 Å². The highest BCUT2D eigenvalue weighted by Gasteiger charge is 2.10. The van der Waals surface area contributed by atoms with Gasteiger partial charge in [-0.3, -0.25) is 25.1 Å². The van der Waals surface area contributed by atoms with E-state index in [1.165, 1.54) is 30.5 Å². The molecule has 1 amide bonds. The molecular formula is C16H12BrN3O4. The van der Waals surface area contributed by atoms with Gasteiger partial charge in [0.1, 0.15) is 0 Å². The van der Waals surface area contributed by atoms with Crippen molar-refractivity contribution < 1.29 is 14.5 Å². The minimum Gasteiger partial charge on any atom is -0.305 e. The molecule has 122 valence electrons. The molecule has 0 aliphatic heterocycles. The monoisotopic (exact) mass is 389 g/mol. The largest absolute Gasteiger partial charge is 0.305 e. The molecule has 2 N–H and O–H groups in total. The van der Waals surface area contributed by atoms with Crippen LogP contribution < -0.4 is 10.9 Å². The number of benzene rings is 2. The molecule has 2 rings (SSSR count). The first-order valence-corrected chi connectivity index (χ1v) is 7.53. The average molecular weight is 390 g/mol. The van der Waals surface area contributed by atoms with Crippen molar-refractivity contribution in [2.24, 2.45) is 0 Å². The average Bonchev–Trinajstić information content (AvgIpc) is 2.59. The highest BCUT2D eigenvalue weighted by atomic mass is 79.9. The number of carbonyl (C=O) groups is 2. The van der Waals surface area contributed by atoms with Crippen molar-refractivity contribution in [3.8, 4) is 0 Å². The number of hydrogen-bond acceptors (Lipinski definition) is 5. The zero-order chi connectivity index (χ0) is 17.5. The van der Waals surface area contributed by atoms with Crippen molar-refractivity contribution in [1.29, 1.82) is 0 Å². The normalized spacial score (nSPS) is 10.4. The highest BCUT2D eigenvalue weighted by Crippen LogP contribution is 2.13. The Morgan fingerprint density at radius 3 is 2.46 bits per heavy atom. The molecule has 0 fully saturated rings. The van der Waals surface area contributed by atoms with Crippen LogP contribution in [-0.4, -0.2) is 16.6 Å². The van der Waals surface area contributed by atoms with Gasteiger partial charge in [0, 0.05) is 40.0 Å². The third kappa shape index (κ3) is 4.75. The number of rotatable bonds is 6. The van der Waals surface area contributed by atoms with Crippen LogP contribution in [0.25, 0.3) is 0 Å². The Kier molecular flexibility index (Phi) is 5.80. The van der Waals surface area contributed by atoms with Crippen LogP contribution in [0.5, 0.6) is 0 Å². The fourth-order valence-corrected chi connectivity index (χ4v) is 2.03. The van der Waals surface area contributed by atoms with E-state index in [2.05, 4.69) is 26.8 Å². The van der Waals surface area contributed by atoms with Gasteiger partial charge >= 0.3 is 0 Å². The molecule has 0 spiro atoms. The van der Waals surface area contributed by atoms with E-state index in [1.54, 1.807) is 24.3 Å². The second kappa shape index (κ2) is 8.02. The molecule has 24 heavy (non-hydrogen) atoms. The standard InChI is InChI=1S/C16H12BrN3O4/c17-13-6-4-11(5-7-13)15(21)8-9-18-19-16(22)12-2-1-3-14(10-12)20(23)24/h1-10,18H,(H,19,22)/b9-8+. The van der Waals surface area contributed by atoms with E-state index in [4.69, 9.17) is 0 Å². The molecule has 0 saturated carbocycles. The summed E-state index contributed by atoms with van der Waals surface area (Å²) in [6, 6.07) is 12.1. The number of nitro groups is 1. The van der Waals surface area contributed by atoms with Gasteiger partial charge in [-0.15, -0.1) is 0 Å². The molecule has 2 aromatic carbocycles. The molecule has 0 heterocycles. The number of ketones is 1. The summed E-state index contributed by atoms with van der Waals surface area (Å²) in [4.78, 5) is 33.8. The summed E-state index contributed by atoms with van der Waals surface area (Å²) in [5, 5.41) is 10.7. The third-order valence-corrected chi connectivity index (χ3v) is 3.48. The Hall–Kier alpha value is -3.00. The smallest absolute Gasteiger partial charge is 0.270 e. The zero-order valence-electron chi connectivity index (χ0n) is 12.2. The Bertz CT molecular complexity index is 803. The van der Waals surface area contributed by atoms with Gasteiger partial charge in [0.2, 0.25) is 0 Å². The summed E-state index contributed by atoms with van der Waals surface area (Å²) in [5.74, 6) is -0.793. The summed E-state index contributed by atoms with van der Waals surface area (Å²) in [6.07, 6.45) is 2.54. The predicted octanol–water partition coefficient (Wildman–Crippen LogP) is 2.99. The van der Waals surface area contributed by atoms with E-state index in [0.29, 0.717) is 5.56 Å². The van der Waals surface area contributed by atoms with E-state index in [1.807, 2.05) is 0 Å². The van der Waals surface area contributed by atoms with Crippen molar-refractivity contribution in [2.75, 3.05) is 0 Å². The maximum Gasteiger partial charge on any atom is 0.270 e. The van der Waals surface area contributed by atoms with Gasteiger partial charge in [0.25, 0.3) is 11.6 Å². The van der Waals surface area contributed by atoms with Crippen LogP contribution in [0, 0.1) is 10.1 Å². The summed E-state index contributed by atoms with van der Waals surface area (Å²) >= 11 is 3.28. The van der Waals surface area contributed by atoms with E-state index in [-0.39, 0.29) is 17.0 Å². The number of nitrogens with one attached hydrogen (secondary N) is 2. The molecule has 2 aromatic rings. The molecule has 0 bridgehead atoms. The number of hydrogen-bond donors (Lipinski definition) is 2. The van der Waals surface area contributed by atoms with Gasteiger partial charge in [-0.1, -0.05) is 22.0 Å². The Labute approximate surface area is 145 Å². The van der Waals surface area contributed by atoms with Crippen LogP contribution in [0.15, 0.2) is 65.3 Å². The second-order valence-corrected chi connectivity index (χ2v) is 5.53. The first-order valence-electron chi connectivity index (χ1n) is 6.74. The van der Waals surface area contributed by atoms with Gasteiger partial charge in [0.05, 0.1) is 4.92 Å². The SMILES string of the molecule is O=C(/C=C/NNC(=O)c1cccc([N+](=O)[O-])c1)c1ccc(Br)cc1. The fraction of sp³-hybridized carbons (Fsp3) is 0. The molecule has 0 saturated heterocycles. The van der Waals surface area contributed by atoms with E-state index >= 15 is 0 Å². The predicted molar refractivity (Wildman–Crippen MR) is 91.3 cm³/mol. The molecule has 7 nitrogen and oxygen atoms in total. The van der Waals surface area contributed by atoms with Crippen LogP contribution in [0.2, 0.25) is 0 Å². The number of allylic oxidation sites excluding steroid dienone is 1. The minimum absolute atomic E-state index is 0.129. The number of halogens is 1. The van der Waals surface area contributed by atoms with E-state index in [9.17, 15) is 19.7 Å². The Balaban J connectivity index is 1.90. The second-order valence-electron chi connectivity index (χ2n) is 4.61. The van der Waals surface area contributed by atoms with Crippen molar-refractivity contribution in [1.82, 2.24) is 10.9 Å². The van der Waals surface area contributed by atoms with Crippen LogP contribution >= 0.6 is 15.9 Å². The van der Waals surface area contributed by atoms with Crippen LogP contribution in [0.4, 0.5) is 5.69 Å². The first kappa shape index (κ1) is 17.4. The van der Waals surface area contributed by atoms with Crippen LogP contribution in [0.3, 0.4) is 0 Å². The molecule has 0 aliphatic rings. The summed E-state index contributed by atoms with van der Waals surface area (Å²) in [6.45, 7) is 0. The quantitative estimate of drug-likeness (QED) is 0.342. The van der Waals surface area contributed by atoms with Crippen molar-refractivity contribution in [3.63, 3.8) is 0 Å². The molecule has 0 atom stereocenters. The lowest BCUT2D eigenvalue weighted by atomic mass is 10.1. The zero-order valence-corrected chi connectivity index (χ0v) is 13.8. The van der Waals surface area contributed by atoms with Crippen molar-refractivity contribution >= 4 is 33.3 Å². The molecule has 8 heteroatoms. The number of non-ortho nitro benzene ring substituents is 1. The summed E-state index contributed by atoms with van der Waals surface area (Å²) in [5.41, 5.74) is 5.24. The molecule has 0 aliphatic carbocycles. The van der Waals surface area contributed by atoms with Gasteiger partial charge in [-0.25, -0.2) is 0 Å². The Morgan fingerprint density at radius 2 is 1.79 bits per heavy atom. The minimum atomic E-state index is -0.582.